The van der Waals surface area contributed by atoms with Gasteiger partial charge in [-0.3, -0.25) is 4.79 Å². The van der Waals surface area contributed by atoms with Crippen LogP contribution in [0.1, 0.15) is 25.5 Å². The van der Waals surface area contributed by atoms with Gasteiger partial charge in [-0.05, 0) is 25.5 Å². The molecule has 96 valence electrons. The lowest BCUT2D eigenvalue weighted by Crippen LogP contribution is -2.39. The third kappa shape index (κ3) is 4.36. The molecule has 1 aromatic carbocycles. The highest BCUT2D eigenvalue weighted by atomic mass is 35.5. The van der Waals surface area contributed by atoms with Gasteiger partial charge in [0, 0.05) is 0 Å². The number of amides is 1. The number of halogens is 3. The summed E-state index contributed by atoms with van der Waals surface area (Å²) in [5.74, 6) is -0.219. The van der Waals surface area contributed by atoms with E-state index in [4.69, 9.17) is 28.9 Å². The van der Waals surface area contributed by atoms with Crippen LogP contribution in [0.3, 0.4) is 0 Å². The van der Waals surface area contributed by atoms with Gasteiger partial charge in [-0.2, -0.15) is 0 Å². The summed E-state index contributed by atoms with van der Waals surface area (Å²) < 4.78 is 0. The van der Waals surface area contributed by atoms with Crippen LogP contribution in [0.15, 0.2) is 18.2 Å². The van der Waals surface area contributed by atoms with Gasteiger partial charge in [0.2, 0.25) is 5.91 Å². The van der Waals surface area contributed by atoms with Crippen LogP contribution in [0, 0.1) is 0 Å². The van der Waals surface area contributed by atoms with Crippen LogP contribution in [0.2, 0.25) is 10.0 Å². The summed E-state index contributed by atoms with van der Waals surface area (Å²) in [6.45, 7) is 3.46. The van der Waals surface area contributed by atoms with Gasteiger partial charge >= 0.3 is 0 Å². The van der Waals surface area contributed by atoms with Gasteiger partial charge in [0.1, 0.15) is 0 Å². The molecular formula is C11H15Cl3N2O. The molecule has 6 heteroatoms. The summed E-state index contributed by atoms with van der Waals surface area (Å²) in [6, 6.07) is 4.55. The Labute approximate surface area is 117 Å². The van der Waals surface area contributed by atoms with E-state index in [9.17, 15) is 4.79 Å². The van der Waals surface area contributed by atoms with Crippen molar-refractivity contribution in [1.82, 2.24) is 5.32 Å². The number of carbonyl (C=O) groups is 1. The highest BCUT2D eigenvalue weighted by molar-refractivity contribution is 6.42. The van der Waals surface area contributed by atoms with Crippen molar-refractivity contribution in [3.05, 3.63) is 33.8 Å². The van der Waals surface area contributed by atoms with E-state index in [1.165, 1.54) is 0 Å². The van der Waals surface area contributed by atoms with E-state index >= 15 is 0 Å². The lowest BCUT2D eigenvalue weighted by Gasteiger charge is -2.17. The Morgan fingerprint density at radius 2 is 1.94 bits per heavy atom. The zero-order valence-corrected chi connectivity index (χ0v) is 11.9. The molecule has 0 saturated carbocycles. The smallest absolute Gasteiger partial charge is 0.237 e. The van der Waals surface area contributed by atoms with Gasteiger partial charge in [-0.15, -0.1) is 12.4 Å². The maximum atomic E-state index is 11.4. The predicted molar refractivity (Wildman–Crippen MR) is 73.9 cm³/mol. The molecule has 0 aromatic heterocycles. The fourth-order valence-electron chi connectivity index (χ4n) is 1.28. The first-order valence-corrected chi connectivity index (χ1v) is 5.69. The van der Waals surface area contributed by atoms with Gasteiger partial charge in [0.05, 0.1) is 22.1 Å². The van der Waals surface area contributed by atoms with E-state index in [-0.39, 0.29) is 24.4 Å². The Kier molecular flexibility index (Phi) is 6.87. The zero-order valence-electron chi connectivity index (χ0n) is 9.54. The number of benzene rings is 1. The number of hydrogen-bond donors (Lipinski definition) is 2. The minimum Gasteiger partial charge on any atom is -0.348 e. The Balaban J connectivity index is 0.00000256. The minimum atomic E-state index is -0.541. The van der Waals surface area contributed by atoms with E-state index < -0.39 is 6.04 Å². The standard InChI is InChI=1S/C11H14Cl2N2O.ClH/c1-6(14)11(16)15-7(2)8-4-3-5-9(12)10(8)13;/h3-7H,14H2,1-2H3,(H,15,16);1H/t6-,7?;/m1./s1. The molecule has 1 rings (SSSR count). The fourth-order valence-corrected chi connectivity index (χ4v) is 1.75. The van der Waals surface area contributed by atoms with Gasteiger partial charge < -0.3 is 11.1 Å². The van der Waals surface area contributed by atoms with E-state index in [0.29, 0.717) is 10.0 Å². The monoisotopic (exact) mass is 296 g/mol. The van der Waals surface area contributed by atoms with E-state index in [1.54, 1.807) is 19.1 Å². The summed E-state index contributed by atoms with van der Waals surface area (Å²) in [5, 5.41) is 3.69. The molecule has 17 heavy (non-hydrogen) atoms. The Morgan fingerprint density at radius 3 is 2.47 bits per heavy atom. The van der Waals surface area contributed by atoms with Crippen molar-refractivity contribution in [1.29, 1.82) is 0 Å². The molecule has 0 heterocycles. The molecule has 0 fully saturated rings. The van der Waals surface area contributed by atoms with Crippen molar-refractivity contribution in [3.63, 3.8) is 0 Å². The molecule has 0 aliphatic rings. The summed E-state index contributed by atoms with van der Waals surface area (Å²) in [5.41, 5.74) is 6.24. The average molecular weight is 298 g/mol. The van der Waals surface area contributed by atoms with E-state index in [2.05, 4.69) is 5.32 Å². The van der Waals surface area contributed by atoms with Crippen LogP contribution in [0.4, 0.5) is 0 Å². The van der Waals surface area contributed by atoms with Crippen molar-refractivity contribution in [2.24, 2.45) is 5.73 Å². The molecule has 0 saturated heterocycles. The molecule has 3 N–H and O–H groups in total. The van der Waals surface area contributed by atoms with Crippen molar-refractivity contribution < 1.29 is 4.79 Å². The fraction of sp³-hybridized carbons (Fsp3) is 0.364. The van der Waals surface area contributed by atoms with E-state index in [0.717, 1.165) is 5.56 Å². The van der Waals surface area contributed by atoms with Crippen molar-refractivity contribution in [3.8, 4) is 0 Å². The highest BCUT2D eigenvalue weighted by Crippen LogP contribution is 2.29. The van der Waals surface area contributed by atoms with Crippen LogP contribution in [-0.4, -0.2) is 11.9 Å². The summed E-state index contributed by atoms with van der Waals surface area (Å²) >= 11 is 11.9. The zero-order chi connectivity index (χ0) is 12.3. The topological polar surface area (TPSA) is 55.1 Å². The molecule has 0 spiro atoms. The number of rotatable bonds is 3. The average Bonchev–Trinajstić information content (AvgIpc) is 2.21. The molecule has 3 nitrogen and oxygen atoms in total. The molecular weight excluding hydrogens is 282 g/mol. The first-order chi connectivity index (χ1) is 7.43. The first-order valence-electron chi connectivity index (χ1n) is 4.93. The van der Waals surface area contributed by atoms with Crippen LogP contribution in [0.25, 0.3) is 0 Å². The van der Waals surface area contributed by atoms with Crippen LogP contribution < -0.4 is 11.1 Å². The molecule has 0 radical (unpaired) electrons. The third-order valence-electron chi connectivity index (χ3n) is 2.22. The largest absolute Gasteiger partial charge is 0.348 e. The molecule has 2 atom stereocenters. The van der Waals surface area contributed by atoms with Crippen LogP contribution in [-0.2, 0) is 4.79 Å². The number of nitrogens with two attached hydrogens (primary N) is 1. The van der Waals surface area contributed by atoms with Crippen LogP contribution >= 0.6 is 35.6 Å². The van der Waals surface area contributed by atoms with Crippen LogP contribution in [0.5, 0.6) is 0 Å². The van der Waals surface area contributed by atoms with Gasteiger partial charge in [0.25, 0.3) is 0 Å². The quantitative estimate of drug-likeness (QED) is 0.901. The van der Waals surface area contributed by atoms with Crippen molar-refractivity contribution in [2.45, 2.75) is 25.9 Å². The van der Waals surface area contributed by atoms with Crippen molar-refractivity contribution in [2.75, 3.05) is 0 Å². The lowest BCUT2D eigenvalue weighted by molar-refractivity contribution is -0.122. The lowest BCUT2D eigenvalue weighted by atomic mass is 10.1. The van der Waals surface area contributed by atoms with Gasteiger partial charge in [-0.1, -0.05) is 35.3 Å². The SMILES string of the molecule is CC(NC(=O)[C@@H](C)N)c1cccc(Cl)c1Cl.Cl. The van der Waals surface area contributed by atoms with Gasteiger partial charge in [-0.25, -0.2) is 0 Å². The number of carbonyl (C=O) groups excluding carboxylic acids is 1. The van der Waals surface area contributed by atoms with E-state index in [1.807, 2.05) is 13.0 Å². The summed E-state index contributed by atoms with van der Waals surface area (Å²) in [6.07, 6.45) is 0. The second-order valence-corrected chi connectivity index (χ2v) is 4.45. The predicted octanol–water partition coefficient (Wildman–Crippen LogP) is 2.94. The molecule has 1 amide bonds. The first kappa shape index (κ1) is 16.5. The Bertz CT molecular complexity index is 396. The Hall–Kier alpha value is -0.480. The van der Waals surface area contributed by atoms with Crippen molar-refractivity contribution >= 4 is 41.5 Å². The second kappa shape index (κ2) is 7.07. The molecule has 0 aliphatic carbocycles. The van der Waals surface area contributed by atoms with Gasteiger partial charge in [0.15, 0.2) is 0 Å². The maximum Gasteiger partial charge on any atom is 0.237 e. The molecule has 0 bridgehead atoms. The molecule has 0 aliphatic heterocycles. The normalized spacial score (nSPS) is 13.5. The number of hydrogen-bond acceptors (Lipinski definition) is 2. The number of nitrogens with one attached hydrogen (secondary N) is 1. The third-order valence-corrected chi connectivity index (χ3v) is 3.05. The second-order valence-electron chi connectivity index (χ2n) is 3.66. The maximum absolute atomic E-state index is 11.4. The summed E-state index contributed by atoms with van der Waals surface area (Å²) in [7, 11) is 0. The molecule has 1 aromatic rings. The molecule has 1 unspecified atom stereocenters. The minimum absolute atomic E-state index is 0. The Morgan fingerprint density at radius 1 is 1.35 bits per heavy atom. The summed E-state index contributed by atoms with van der Waals surface area (Å²) in [4.78, 5) is 11.4. The highest BCUT2D eigenvalue weighted by Gasteiger charge is 2.15.